The summed E-state index contributed by atoms with van der Waals surface area (Å²) < 4.78 is 5.74. The minimum absolute atomic E-state index is 0.00284. The van der Waals surface area contributed by atoms with Crippen LogP contribution in [-0.2, 0) is 19.1 Å². The monoisotopic (exact) mass is 730 g/mol. The van der Waals surface area contributed by atoms with Gasteiger partial charge >= 0.3 is 17.9 Å². The van der Waals surface area contributed by atoms with Gasteiger partial charge in [0.2, 0.25) is 5.88 Å². The van der Waals surface area contributed by atoms with Crippen molar-refractivity contribution in [3.63, 3.8) is 0 Å². The molecule has 1 rings (SSSR count). The lowest BCUT2D eigenvalue weighted by Gasteiger charge is -2.17. The molecule has 300 valence electrons. The number of carbonyl (C=O) groups excluding carboxylic acids is 1. The molecule has 0 aromatic heterocycles. The second-order valence-corrected chi connectivity index (χ2v) is 15.4. The summed E-state index contributed by atoms with van der Waals surface area (Å²) in [6.45, 7) is 2.25. The van der Waals surface area contributed by atoms with Crippen LogP contribution in [0.15, 0.2) is 36.4 Å². The highest BCUT2D eigenvalue weighted by molar-refractivity contribution is 5.73. The van der Waals surface area contributed by atoms with E-state index in [0.29, 0.717) is 25.1 Å². The van der Waals surface area contributed by atoms with Gasteiger partial charge in [-0.2, -0.15) is 0 Å². The molecule has 0 amide bonds. The van der Waals surface area contributed by atoms with E-state index in [9.17, 15) is 19.5 Å². The summed E-state index contributed by atoms with van der Waals surface area (Å²) in [5.41, 5.74) is 0. The van der Waals surface area contributed by atoms with E-state index in [1.807, 2.05) is 24.3 Å². The Hall–Kier alpha value is -2.57. The summed E-state index contributed by atoms with van der Waals surface area (Å²) >= 11 is 0. The van der Waals surface area contributed by atoms with Gasteiger partial charge in [0, 0.05) is 12.6 Å². The van der Waals surface area contributed by atoms with Gasteiger partial charge in [0.05, 0.1) is 11.8 Å². The minimum atomic E-state index is -0.847. The first kappa shape index (κ1) is 47.5. The molecule has 1 heterocycles. The van der Waals surface area contributed by atoms with E-state index < -0.39 is 11.9 Å². The van der Waals surface area contributed by atoms with E-state index in [4.69, 9.17) is 9.84 Å². The zero-order valence-corrected chi connectivity index (χ0v) is 33.4. The standard InChI is InChI=1S/C45H79NO6/c1-2-3-4-5-23-28-34-41(45(51)52-42-37-30-26-31-39-46-42)35-29-25-22-20-18-16-14-12-10-8-6-7-9-11-13-15-17-19-21-24-27-33-40(44(49)50)36-32-38-43(47)48/h26,30-31,37,39-41,46H,2-25,27-29,32-36,38H2,1H3,(H,47,48)(H,49,50). The highest BCUT2D eigenvalue weighted by Gasteiger charge is 2.21. The number of carboxylic acids is 2. The largest absolute Gasteiger partial charge is 0.481 e. The van der Waals surface area contributed by atoms with Crippen LogP contribution in [0.5, 0.6) is 0 Å². The number of nitrogens with one attached hydrogen (secondary N) is 1. The van der Waals surface area contributed by atoms with Crippen molar-refractivity contribution in [1.29, 1.82) is 0 Å². The first-order chi connectivity index (χ1) is 25.4. The highest BCUT2D eigenvalue weighted by Crippen LogP contribution is 2.23. The van der Waals surface area contributed by atoms with Gasteiger partial charge in [0.25, 0.3) is 0 Å². The fourth-order valence-corrected chi connectivity index (χ4v) is 7.28. The van der Waals surface area contributed by atoms with Crippen molar-refractivity contribution < 1.29 is 29.3 Å². The van der Waals surface area contributed by atoms with Crippen molar-refractivity contribution >= 4 is 17.9 Å². The molecule has 52 heavy (non-hydrogen) atoms. The van der Waals surface area contributed by atoms with Crippen LogP contribution in [0.1, 0.15) is 219 Å². The zero-order chi connectivity index (χ0) is 37.7. The second kappa shape index (κ2) is 35.5. The molecule has 3 N–H and O–H groups in total. The Labute approximate surface area is 318 Å². The lowest BCUT2D eigenvalue weighted by Crippen LogP contribution is -2.21. The van der Waals surface area contributed by atoms with Gasteiger partial charge < -0.3 is 20.3 Å². The van der Waals surface area contributed by atoms with E-state index in [2.05, 4.69) is 12.2 Å². The second-order valence-electron chi connectivity index (χ2n) is 15.4. The van der Waals surface area contributed by atoms with Crippen molar-refractivity contribution in [1.82, 2.24) is 5.32 Å². The molecule has 0 bridgehead atoms. The third-order valence-corrected chi connectivity index (χ3v) is 10.6. The Morgan fingerprint density at radius 2 is 0.904 bits per heavy atom. The van der Waals surface area contributed by atoms with Crippen molar-refractivity contribution in [3.8, 4) is 0 Å². The summed E-state index contributed by atoms with van der Waals surface area (Å²) in [6.07, 6.45) is 47.3. The van der Waals surface area contributed by atoms with Crippen LogP contribution >= 0.6 is 0 Å². The average Bonchev–Trinajstić information content (AvgIpc) is 3.40. The van der Waals surface area contributed by atoms with Crippen LogP contribution in [0.3, 0.4) is 0 Å². The normalized spacial score (nSPS) is 13.7. The molecule has 0 spiro atoms. The highest BCUT2D eigenvalue weighted by atomic mass is 16.5. The number of hydrogen-bond donors (Lipinski definition) is 3. The molecular formula is C45H79NO6. The van der Waals surface area contributed by atoms with Gasteiger partial charge in [0.1, 0.15) is 0 Å². The molecule has 1 aliphatic rings. The summed E-state index contributed by atoms with van der Waals surface area (Å²) in [5.74, 6) is -1.57. The van der Waals surface area contributed by atoms with Gasteiger partial charge in [-0.15, -0.1) is 0 Å². The third-order valence-electron chi connectivity index (χ3n) is 10.6. The van der Waals surface area contributed by atoms with Crippen LogP contribution in [0.25, 0.3) is 0 Å². The lowest BCUT2D eigenvalue weighted by atomic mass is 9.94. The molecule has 0 aliphatic carbocycles. The van der Waals surface area contributed by atoms with Crippen LogP contribution in [0, 0.1) is 11.8 Å². The Bertz CT molecular complexity index is 973. The summed E-state index contributed by atoms with van der Waals surface area (Å²) in [5, 5.41) is 21.1. The molecule has 0 aromatic carbocycles. The number of carbonyl (C=O) groups is 3. The van der Waals surface area contributed by atoms with Gasteiger partial charge in [-0.05, 0) is 44.3 Å². The molecule has 1 aliphatic heterocycles. The number of rotatable bonds is 38. The molecule has 7 heteroatoms. The smallest absolute Gasteiger partial charge is 0.315 e. The Morgan fingerprint density at radius 3 is 1.31 bits per heavy atom. The minimum Gasteiger partial charge on any atom is -0.481 e. The zero-order valence-electron chi connectivity index (χ0n) is 33.4. The summed E-state index contributed by atoms with van der Waals surface area (Å²) in [6, 6.07) is 0. The van der Waals surface area contributed by atoms with Crippen molar-refractivity contribution in [2.75, 3.05) is 0 Å². The Balaban J connectivity index is 1.94. The van der Waals surface area contributed by atoms with E-state index in [-0.39, 0.29) is 24.2 Å². The van der Waals surface area contributed by atoms with E-state index >= 15 is 0 Å². The number of unbranched alkanes of at least 4 members (excludes halogenated alkanes) is 25. The number of hydrogen-bond acceptors (Lipinski definition) is 5. The van der Waals surface area contributed by atoms with Crippen LogP contribution in [0.2, 0.25) is 0 Å². The number of allylic oxidation sites excluding steroid dienone is 4. The molecule has 0 saturated carbocycles. The Morgan fingerprint density at radius 1 is 0.519 bits per heavy atom. The summed E-state index contributed by atoms with van der Waals surface area (Å²) in [4.78, 5) is 35.0. The van der Waals surface area contributed by atoms with Gasteiger partial charge in [-0.3, -0.25) is 14.4 Å². The van der Waals surface area contributed by atoms with Crippen molar-refractivity contribution in [3.05, 3.63) is 36.4 Å². The number of esters is 1. The SMILES string of the molecule is CCCCCCCCC(CCCCCCCCCCCCCCCCCCCCCCCC(CCCC(=O)O)C(=O)O)C(=O)OC1=CC=CC=CN1. The van der Waals surface area contributed by atoms with Crippen LogP contribution in [0.4, 0.5) is 0 Å². The van der Waals surface area contributed by atoms with Crippen molar-refractivity contribution in [2.45, 2.75) is 219 Å². The molecule has 0 aromatic rings. The summed E-state index contributed by atoms with van der Waals surface area (Å²) in [7, 11) is 0. The third kappa shape index (κ3) is 29.9. The molecule has 2 unspecified atom stereocenters. The quantitative estimate of drug-likeness (QED) is 0.0428. The number of ether oxygens (including phenoxy) is 1. The van der Waals surface area contributed by atoms with E-state index in [0.717, 1.165) is 38.5 Å². The van der Waals surface area contributed by atoms with Crippen molar-refractivity contribution in [2.24, 2.45) is 11.8 Å². The lowest BCUT2D eigenvalue weighted by molar-refractivity contribution is -0.145. The Kier molecular flexibility index (Phi) is 32.4. The van der Waals surface area contributed by atoms with Gasteiger partial charge in [-0.1, -0.05) is 192 Å². The molecule has 0 saturated heterocycles. The molecule has 0 radical (unpaired) electrons. The topological polar surface area (TPSA) is 113 Å². The van der Waals surface area contributed by atoms with Crippen LogP contribution < -0.4 is 5.32 Å². The maximum Gasteiger partial charge on any atom is 0.315 e. The van der Waals surface area contributed by atoms with Gasteiger partial charge in [0.15, 0.2) is 0 Å². The molecular weight excluding hydrogens is 650 g/mol. The first-order valence-electron chi connectivity index (χ1n) is 21.9. The fraction of sp³-hybridized carbons (Fsp3) is 0.800. The maximum atomic E-state index is 13.0. The predicted octanol–water partition coefficient (Wildman–Crippen LogP) is 13.3. The fourth-order valence-electron chi connectivity index (χ4n) is 7.28. The molecule has 7 nitrogen and oxygen atoms in total. The van der Waals surface area contributed by atoms with Crippen LogP contribution in [-0.4, -0.2) is 28.1 Å². The van der Waals surface area contributed by atoms with Gasteiger partial charge in [-0.25, -0.2) is 0 Å². The van der Waals surface area contributed by atoms with E-state index in [1.54, 1.807) is 6.20 Å². The first-order valence-corrected chi connectivity index (χ1v) is 21.9. The number of carboxylic acid groups (broad SMARTS) is 2. The predicted molar refractivity (Wildman–Crippen MR) is 216 cm³/mol. The molecule has 0 fully saturated rings. The molecule has 2 atom stereocenters. The number of aliphatic carboxylic acids is 2. The average molecular weight is 730 g/mol. The maximum absolute atomic E-state index is 13.0. The van der Waals surface area contributed by atoms with E-state index in [1.165, 1.54) is 148 Å².